The van der Waals surface area contributed by atoms with Gasteiger partial charge in [0.05, 0.1) is 17.7 Å². The lowest BCUT2D eigenvalue weighted by molar-refractivity contribution is -0.0111. The fourth-order valence-electron chi connectivity index (χ4n) is 4.76. The number of carbonyl (C=O) groups excluding carboxylic acids is 4. The summed E-state index contributed by atoms with van der Waals surface area (Å²) >= 11 is 0. The number of hydrogen-bond donors (Lipinski definition) is 2. The van der Waals surface area contributed by atoms with Crippen molar-refractivity contribution in [2.75, 3.05) is 18.7 Å². The molecule has 0 atom stereocenters. The Morgan fingerprint density at radius 1 is 1.09 bits per heavy atom. The van der Waals surface area contributed by atoms with Gasteiger partial charge >= 0.3 is 12.1 Å². The zero-order chi connectivity index (χ0) is 31.5. The third-order valence-electron chi connectivity index (χ3n) is 7.29. The third kappa shape index (κ3) is 6.25. The molecule has 2 aliphatic rings. The molecule has 1 aliphatic carbocycles. The highest BCUT2D eigenvalue weighted by atomic mass is 16.7. The molecule has 3 aromatic heterocycles. The van der Waals surface area contributed by atoms with Crippen LogP contribution in [0.4, 0.5) is 16.3 Å². The van der Waals surface area contributed by atoms with Crippen molar-refractivity contribution in [3.63, 3.8) is 0 Å². The Morgan fingerprint density at radius 2 is 1.93 bits per heavy atom. The van der Waals surface area contributed by atoms with E-state index in [0.717, 1.165) is 10.5 Å². The number of anilines is 2. The maximum atomic E-state index is 13.7. The summed E-state index contributed by atoms with van der Waals surface area (Å²) in [6.07, 6.45) is 9.64. The Hall–Kier alpha value is -5.92. The Bertz CT molecular complexity index is 1880. The minimum Gasteiger partial charge on any atom is -0.424 e. The average molecular weight is 609 g/mol. The second-order valence-electron chi connectivity index (χ2n) is 10.4. The molecule has 228 valence electrons. The van der Waals surface area contributed by atoms with E-state index in [2.05, 4.69) is 30.7 Å². The Morgan fingerprint density at radius 3 is 2.67 bits per heavy atom. The van der Waals surface area contributed by atoms with Crippen LogP contribution < -0.4 is 10.6 Å². The minimum absolute atomic E-state index is 0.201. The Labute approximate surface area is 256 Å². The predicted octanol–water partition coefficient (Wildman–Crippen LogP) is 3.74. The number of carbonyl (C=O) groups is 4. The largest absolute Gasteiger partial charge is 0.424 e. The van der Waals surface area contributed by atoms with Gasteiger partial charge in [-0.1, -0.05) is 12.1 Å². The standard InChI is InChI=1S/C31H28N8O6/c1-18-7-8-20(28(40)37-25-6-4-12-33-25)13-24(18)36-27-26-19(2)23(15-38(26)35-16-34-27)29(41)39(22-9-10-22)31(43)45-17-44-30(42)21-5-3-11-32-14-21/h3-8,11,13-16,22H,9-10,12,17H2,1-2H3,(H,33,37,40)(H,34,35,36). The maximum Gasteiger partial charge on any atom is 0.419 e. The molecule has 14 heteroatoms. The summed E-state index contributed by atoms with van der Waals surface area (Å²) in [6.45, 7) is 3.48. The van der Waals surface area contributed by atoms with Gasteiger partial charge in [0, 0.05) is 35.9 Å². The van der Waals surface area contributed by atoms with Gasteiger partial charge in [-0.15, -0.1) is 0 Å². The summed E-state index contributed by atoms with van der Waals surface area (Å²) in [6, 6.07) is 7.99. The molecule has 45 heavy (non-hydrogen) atoms. The second-order valence-corrected chi connectivity index (χ2v) is 10.4. The third-order valence-corrected chi connectivity index (χ3v) is 7.29. The van der Waals surface area contributed by atoms with Gasteiger partial charge in [0.1, 0.15) is 17.7 Å². The molecule has 14 nitrogen and oxygen atoms in total. The van der Waals surface area contributed by atoms with Gasteiger partial charge < -0.3 is 20.1 Å². The molecule has 1 aromatic carbocycles. The predicted molar refractivity (Wildman–Crippen MR) is 161 cm³/mol. The van der Waals surface area contributed by atoms with Crippen LogP contribution in [0, 0.1) is 13.8 Å². The van der Waals surface area contributed by atoms with E-state index in [-0.39, 0.29) is 23.1 Å². The van der Waals surface area contributed by atoms with Crippen LogP contribution in [0.2, 0.25) is 0 Å². The van der Waals surface area contributed by atoms with Crippen LogP contribution in [-0.2, 0) is 9.47 Å². The van der Waals surface area contributed by atoms with Crippen molar-refractivity contribution in [1.82, 2.24) is 29.8 Å². The molecule has 0 spiro atoms. The smallest absolute Gasteiger partial charge is 0.419 e. The van der Waals surface area contributed by atoms with Crippen molar-refractivity contribution in [3.05, 3.63) is 95.2 Å². The lowest BCUT2D eigenvalue weighted by Gasteiger charge is -2.19. The fourth-order valence-corrected chi connectivity index (χ4v) is 4.76. The molecule has 1 fully saturated rings. The molecule has 0 bridgehead atoms. The van der Waals surface area contributed by atoms with Gasteiger partial charge in [0.15, 0.2) is 5.82 Å². The lowest BCUT2D eigenvalue weighted by Crippen LogP contribution is -2.39. The number of aryl methyl sites for hydroxylation is 2. The number of benzene rings is 1. The van der Waals surface area contributed by atoms with E-state index in [4.69, 9.17) is 9.47 Å². The van der Waals surface area contributed by atoms with Crippen molar-refractivity contribution < 1.29 is 28.7 Å². The molecule has 2 N–H and O–H groups in total. The summed E-state index contributed by atoms with van der Waals surface area (Å²) in [5.74, 6) is -0.692. The Kier molecular flexibility index (Phi) is 8.01. The first-order valence-electron chi connectivity index (χ1n) is 14.1. The number of ether oxygens (including phenoxy) is 2. The van der Waals surface area contributed by atoms with Crippen molar-refractivity contribution in [1.29, 1.82) is 0 Å². The highest BCUT2D eigenvalue weighted by Gasteiger charge is 2.40. The van der Waals surface area contributed by atoms with Crippen molar-refractivity contribution in [2.45, 2.75) is 32.7 Å². The van der Waals surface area contributed by atoms with E-state index < -0.39 is 24.8 Å². The zero-order valence-electron chi connectivity index (χ0n) is 24.4. The molecule has 1 aliphatic heterocycles. The zero-order valence-corrected chi connectivity index (χ0v) is 24.4. The van der Waals surface area contributed by atoms with E-state index in [0.29, 0.717) is 53.4 Å². The first-order chi connectivity index (χ1) is 21.8. The minimum atomic E-state index is -0.926. The molecule has 0 radical (unpaired) electrons. The second kappa shape index (κ2) is 12.4. The van der Waals surface area contributed by atoms with Crippen LogP contribution in [0.25, 0.3) is 5.52 Å². The molecule has 6 rings (SSSR count). The number of amides is 3. The molecular formula is C31H28N8O6. The lowest BCUT2D eigenvalue weighted by atomic mass is 10.1. The van der Waals surface area contributed by atoms with E-state index >= 15 is 0 Å². The monoisotopic (exact) mass is 608 g/mol. The molecular weight excluding hydrogens is 580 g/mol. The number of aromatic nitrogens is 4. The normalized spacial score (nSPS) is 13.7. The molecule has 4 heterocycles. The van der Waals surface area contributed by atoms with E-state index in [1.165, 1.54) is 35.5 Å². The van der Waals surface area contributed by atoms with Gasteiger partial charge in [-0.25, -0.2) is 24.0 Å². The quantitative estimate of drug-likeness (QED) is 0.222. The summed E-state index contributed by atoms with van der Waals surface area (Å²) in [5, 5.41) is 10.3. The van der Waals surface area contributed by atoms with Crippen LogP contribution in [0.1, 0.15) is 55.0 Å². The number of aliphatic imine (C=N–C) groups is 1. The van der Waals surface area contributed by atoms with Gasteiger partial charge in [0.25, 0.3) is 11.8 Å². The molecule has 1 saturated carbocycles. The van der Waals surface area contributed by atoms with Crippen molar-refractivity contribution in [2.24, 2.45) is 4.99 Å². The number of imide groups is 1. The van der Waals surface area contributed by atoms with Crippen LogP contribution >= 0.6 is 0 Å². The number of nitrogens with one attached hydrogen (secondary N) is 2. The molecule has 0 unspecified atom stereocenters. The molecule has 0 saturated heterocycles. The number of fused-ring (bicyclic) bond motifs is 1. The van der Waals surface area contributed by atoms with E-state index in [1.54, 1.807) is 31.2 Å². The number of esters is 1. The highest BCUT2D eigenvalue weighted by molar-refractivity contribution is 6.11. The van der Waals surface area contributed by atoms with Crippen molar-refractivity contribution in [3.8, 4) is 0 Å². The van der Waals surface area contributed by atoms with Crippen LogP contribution in [0.15, 0.2) is 72.4 Å². The van der Waals surface area contributed by atoms with Gasteiger partial charge in [-0.3, -0.25) is 19.6 Å². The van der Waals surface area contributed by atoms with E-state index in [9.17, 15) is 19.2 Å². The first kappa shape index (κ1) is 29.2. The first-order valence-corrected chi connectivity index (χ1v) is 14.1. The maximum absolute atomic E-state index is 13.7. The van der Waals surface area contributed by atoms with Gasteiger partial charge in [-0.2, -0.15) is 5.10 Å². The SMILES string of the molecule is Cc1ccc(C(=O)NC2=NCC=C2)cc1Nc1ncnn2cc(C(=O)N(C(=O)OCOC(=O)c3cccnc3)C3CC3)c(C)c12. The number of nitrogens with zero attached hydrogens (tertiary/aromatic N) is 6. The number of amidine groups is 1. The highest BCUT2D eigenvalue weighted by Crippen LogP contribution is 2.32. The summed E-state index contributed by atoms with van der Waals surface area (Å²) < 4.78 is 11.7. The average Bonchev–Trinajstić information content (AvgIpc) is 3.62. The van der Waals surface area contributed by atoms with Crippen LogP contribution in [0.3, 0.4) is 0 Å². The number of rotatable bonds is 8. The fraction of sp³-hybridized carbons (Fsp3) is 0.226. The summed E-state index contributed by atoms with van der Waals surface area (Å²) in [5.41, 5.74) is 3.37. The topological polar surface area (TPSA) is 169 Å². The number of hydrogen-bond acceptors (Lipinski definition) is 11. The van der Waals surface area contributed by atoms with Crippen molar-refractivity contribution >= 4 is 46.7 Å². The molecule has 4 aromatic rings. The summed E-state index contributed by atoms with van der Waals surface area (Å²) in [7, 11) is 0. The van der Waals surface area contributed by atoms with Gasteiger partial charge in [-0.05, 0) is 68.2 Å². The van der Waals surface area contributed by atoms with Gasteiger partial charge in [0.2, 0.25) is 6.79 Å². The van der Waals surface area contributed by atoms with Crippen LogP contribution in [0.5, 0.6) is 0 Å². The summed E-state index contributed by atoms with van der Waals surface area (Å²) in [4.78, 5) is 65.2. The molecule has 3 amide bonds. The van der Waals surface area contributed by atoms with E-state index in [1.807, 2.05) is 19.1 Å². The Balaban J connectivity index is 1.20. The van der Waals surface area contributed by atoms with Crippen LogP contribution in [-0.4, -0.2) is 73.6 Å². The number of pyridine rings is 1.